The second kappa shape index (κ2) is 3.01. The summed E-state index contributed by atoms with van der Waals surface area (Å²) < 4.78 is 0.865. The third-order valence-corrected chi connectivity index (χ3v) is 3.21. The predicted molar refractivity (Wildman–Crippen MR) is 54.1 cm³/mol. The van der Waals surface area contributed by atoms with Gasteiger partial charge in [-0.2, -0.15) is 0 Å². The van der Waals surface area contributed by atoms with E-state index in [1.807, 2.05) is 25.1 Å². The summed E-state index contributed by atoms with van der Waals surface area (Å²) >= 11 is 1.44. The highest BCUT2D eigenvalue weighted by Crippen LogP contribution is 2.34. The van der Waals surface area contributed by atoms with Gasteiger partial charge in [0.05, 0.1) is 11.3 Å². The molecule has 2 rings (SSSR count). The Labute approximate surface area is 80.1 Å². The van der Waals surface area contributed by atoms with Crippen LogP contribution in [0.25, 0.3) is 10.1 Å². The number of aliphatic hydroxyl groups is 1. The topological polar surface area (TPSA) is 40.5 Å². The Bertz CT molecular complexity index is 445. The van der Waals surface area contributed by atoms with Crippen molar-refractivity contribution in [3.63, 3.8) is 0 Å². The highest BCUT2D eigenvalue weighted by molar-refractivity contribution is 7.19. The molecule has 13 heavy (non-hydrogen) atoms. The van der Waals surface area contributed by atoms with Crippen LogP contribution in [0.3, 0.4) is 0 Å². The molecule has 0 aliphatic rings. The van der Waals surface area contributed by atoms with Gasteiger partial charge in [-0.25, -0.2) is 0 Å². The second-order valence-electron chi connectivity index (χ2n) is 3.02. The van der Waals surface area contributed by atoms with Gasteiger partial charge in [-0.15, -0.1) is 11.3 Å². The van der Waals surface area contributed by atoms with Crippen LogP contribution in [-0.2, 0) is 6.61 Å². The number of aliphatic hydroxyl groups excluding tert-OH is 1. The largest absolute Gasteiger partial charge is 0.506 e. The maximum Gasteiger partial charge on any atom is 0.136 e. The van der Waals surface area contributed by atoms with Gasteiger partial charge in [-0.3, -0.25) is 0 Å². The fraction of sp³-hybridized carbons (Fsp3) is 0.200. The maximum absolute atomic E-state index is 9.70. The number of phenols is 1. The lowest BCUT2D eigenvalue weighted by Crippen LogP contribution is -1.72. The molecular formula is C10H10O2S. The first-order valence-corrected chi connectivity index (χ1v) is 4.86. The van der Waals surface area contributed by atoms with Crippen molar-refractivity contribution in [2.75, 3.05) is 0 Å². The van der Waals surface area contributed by atoms with Gasteiger partial charge in [0.1, 0.15) is 5.75 Å². The number of hydrogen-bond donors (Lipinski definition) is 2. The monoisotopic (exact) mass is 194 g/mol. The minimum Gasteiger partial charge on any atom is -0.506 e. The molecule has 0 unspecified atom stereocenters. The Morgan fingerprint density at radius 3 is 2.85 bits per heavy atom. The van der Waals surface area contributed by atoms with Gasteiger partial charge >= 0.3 is 0 Å². The van der Waals surface area contributed by atoms with E-state index < -0.39 is 0 Å². The molecule has 0 radical (unpaired) electrons. The zero-order chi connectivity index (χ0) is 9.42. The number of aryl methyl sites for hydroxylation is 1. The Morgan fingerprint density at radius 1 is 1.38 bits per heavy atom. The molecule has 0 atom stereocenters. The molecule has 0 aliphatic carbocycles. The van der Waals surface area contributed by atoms with Crippen LogP contribution in [0, 0.1) is 6.92 Å². The van der Waals surface area contributed by atoms with Crippen molar-refractivity contribution in [2.24, 2.45) is 0 Å². The van der Waals surface area contributed by atoms with Crippen molar-refractivity contribution >= 4 is 21.4 Å². The van der Waals surface area contributed by atoms with E-state index in [1.165, 1.54) is 11.3 Å². The Kier molecular flexibility index (Phi) is 1.98. The molecule has 0 bridgehead atoms. The number of hydrogen-bond acceptors (Lipinski definition) is 3. The fourth-order valence-electron chi connectivity index (χ4n) is 1.32. The van der Waals surface area contributed by atoms with E-state index in [1.54, 1.807) is 0 Å². The Balaban J connectivity index is 2.76. The summed E-state index contributed by atoms with van der Waals surface area (Å²) in [5.41, 5.74) is 0.874. The average Bonchev–Trinajstić information content (AvgIpc) is 2.55. The lowest BCUT2D eigenvalue weighted by atomic mass is 10.2. The zero-order valence-electron chi connectivity index (χ0n) is 7.24. The summed E-state index contributed by atoms with van der Waals surface area (Å²) in [6.07, 6.45) is 0. The molecule has 2 nitrogen and oxygen atoms in total. The number of phenolic OH excluding ortho intramolecular Hbond substituents is 1. The van der Waals surface area contributed by atoms with Gasteiger partial charge in [0, 0.05) is 4.88 Å². The minimum atomic E-state index is 0.0395. The maximum atomic E-state index is 9.70. The Hall–Kier alpha value is -1.06. The van der Waals surface area contributed by atoms with Crippen LogP contribution in [0.15, 0.2) is 18.2 Å². The lowest BCUT2D eigenvalue weighted by molar-refractivity contribution is 0.285. The van der Waals surface area contributed by atoms with Gasteiger partial charge in [-0.1, -0.05) is 12.1 Å². The lowest BCUT2D eigenvalue weighted by Gasteiger charge is -1.97. The number of thiophene rings is 1. The first kappa shape index (κ1) is 8.53. The molecule has 1 heterocycles. The van der Waals surface area contributed by atoms with Crippen molar-refractivity contribution in [3.05, 3.63) is 28.6 Å². The molecule has 0 aliphatic heterocycles. The number of benzene rings is 1. The third-order valence-electron chi connectivity index (χ3n) is 2.07. The van der Waals surface area contributed by atoms with Gasteiger partial charge in [-0.05, 0) is 23.9 Å². The predicted octanol–water partition coefficient (Wildman–Crippen LogP) is 2.41. The molecule has 3 heteroatoms. The van der Waals surface area contributed by atoms with Crippen LogP contribution in [0.5, 0.6) is 5.75 Å². The highest BCUT2D eigenvalue weighted by atomic mass is 32.1. The van der Waals surface area contributed by atoms with Crippen LogP contribution in [0.1, 0.15) is 10.4 Å². The zero-order valence-corrected chi connectivity index (χ0v) is 8.06. The molecule has 0 amide bonds. The van der Waals surface area contributed by atoms with Crippen molar-refractivity contribution in [1.82, 2.24) is 0 Å². The van der Waals surface area contributed by atoms with Crippen molar-refractivity contribution in [3.8, 4) is 5.75 Å². The molecule has 68 valence electrons. The number of aromatic hydroxyl groups is 1. The minimum absolute atomic E-state index is 0.0395. The third kappa shape index (κ3) is 1.30. The molecule has 0 fully saturated rings. The highest BCUT2D eigenvalue weighted by Gasteiger charge is 2.06. The Morgan fingerprint density at radius 2 is 2.15 bits per heavy atom. The van der Waals surface area contributed by atoms with Crippen molar-refractivity contribution in [2.45, 2.75) is 13.5 Å². The molecular weight excluding hydrogens is 184 g/mol. The van der Waals surface area contributed by atoms with E-state index in [0.717, 1.165) is 20.5 Å². The van der Waals surface area contributed by atoms with Crippen molar-refractivity contribution in [1.29, 1.82) is 0 Å². The molecule has 0 spiro atoms. The van der Waals surface area contributed by atoms with E-state index in [4.69, 9.17) is 5.11 Å². The fourth-order valence-corrected chi connectivity index (χ4v) is 2.33. The van der Waals surface area contributed by atoms with Gasteiger partial charge in [0.2, 0.25) is 0 Å². The first-order chi connectivity index (χ1) is 6.22. The molecule has 1 aromatic carbocycles. The SMILES string of the molecule is Cc1ccc2cc(CO)sc2c1O. The van der Waals surface area contributed by atoms with Crippen LogP contribution in [0.2, 0.25) is 0 Å². The molecule has 0 saturated carbocycles. The number of fused-ring (bicyclic) bond motifs is 1. The van der Waals surface area contributed by atoms with Crippen LogP contribution in [0.4, 0.5) is 0 Å². The van der Waals surface area contributed by atoms with E-state index in [0.29, 0.717) is 5.75 Å². The second-order valence-corrected chi connectivity index (χ2v) is 4.16. The standard InChI is InChI=1S/C10H10O2S/c1-6-2-3-7-4-8(5-11)13-10(7)9(6)12/h2-4,11-12H,5H2,1H3. The normalized spacial score (nSPS) is 10.9. The van der Waals surface area contributed by atoms with E-state index in [-0.39, 0.29) is 6.61 Å². The van der Waals surface area contributed by atoms with Crippen LogP contribution < -0.4 is 0 Å². The van der Waals surface area contributed by atoms with Gasteiger partial charge < -0.3 is 10.2 Å². The number of rotatable bonds is 1. The van der Waals surface area contributed by atoms with E-state index in [2.05, 4.69) is 0 Å². The summed E-state index contributed by atoms with van der Waals surface area (Å²) in [6.45, 7) is 1.91. The smallest absolute Gasteiger partial charge is 0.136 e. The van der Waals surface area contributed by atoms with Crippen LogP contribution >= 0.6 is 11.3 Å². The summed E-state index contributed by atoms with van der Waals surface area (Å²) in [6, 6.07) is 5.74. The van der Waals surface area contributed by atoms with Gasteiger partial charge in [0.15, 0.2) is 0 Å². The van der Waals surface area contributed by atoms with Gasteiger partial charge in [0.25, 0.3) is 0 Å². The molecule has 0 saturated heterocycles. The van der Waals surface area contributed by atoms with Crippen molar-refractivity contribution < 1.29 is 10.2 Å². The molecule has 2 N–H and O–H groups in total. The molecule has 1 aromatic heterocycles. The first-order valence-electron chi connectivity index (χ1n) is 4.04. The summed E-state index contributed by atoms with van der Waals surface area (Å²) in [4.78, 5) is 0.885. The molecule has 2 aromatic rings. The summed E-state index contributed by atoms with van der Waals surface area (Å²) in [7, 11) is 0. The summed E-state index contributed by atoms with van der Waals surface area (Å²) in [5.74, 6) is 0.335. The van der Waals surface area contributed by atoms with E-state index in [9.17, 15) is 5.11 Å². The average molecular weight is 194 g/mol. The van der Waals surface area contributed by atoms with E-state index >= 15 is 0 Å². The summed E-state index contributed by atoms with van der Waals surface area (Å²) in [5, 5.41) is 19.6. The quantitative estimate of drug-likeness (QED) is 0.731. The van der Waals surface area contributed by atoms with Crippen LogP contribution in [-0.4, -0.2) is 10.2 Å².